The first kappa shape index (κ1) is 23.3. The Hall–Kier alpha value is -2.87. The fourth-order valence-electron chi connectivity index (χ4n) is 5.11. The summed E-state index contributed by atoms with van der Waals surface area (Å²) in [4.78, 5) is 23.6. The van der Waals surface area contributed by atoms with E-state index in [2.05, 4.69) is 22.2 Å². The third-order valence-electron chi connectivity index (χ3n) is 6.76. The van der Waals surface area contributed by atoms with Crippen LogP contribution in [0, 0.1) is 11.8 Å². The summed E-state index contributed by atoms with van der Waals surface area (Å²) in [6, 6.07) is 1.41. The number of nitrogens with zero attached hydrogens (tertiary/aromatic N) is 3. The summed E-state index contributed by atoms with van der Waals surface area (Å²) in [5, 5.41) is 2.99. The summed E-state index contributed by atoms with van der Waals surface area (Å²) in [5.74, 6) is -0.632. The summed E-state index contributed by atoms with van der Waals surface area (Å²) >= 11 is 0. The monoisotopic (exact) mass is 455 g/mol. The number of carbonyl (C=O) groups is 1. The maximum atomic E-state index is 14.6. The van der Waals surface area contributed by atoms with Crippen LogP contribution >= 0.6 is 0 Å². The first-order valence-electron chi connectivity index (χ1n) is 11.5. The smallest absolute Gasteiger partial charge is 0.253 e. The fourth-order valence-corrected chi connectivity index (χ4v) is 5.11. The molecule has 1 aromatic heterocycles. The molecule has 0 saturated heterocycles. The Labute approximate surface area is 193 Å². The van der Waals surface area contributed by atoms with Crippen molar-refractivity contribution in [1.82, 2.24) is 9.88 Å². The number of nitrogens with one attached hydrogen (secondary N) is 1. The number of aliphatic imine (C=N–C) groups is 1. The van der Waals surface area contributed by atoms with Gasteiger partial charge in [-0.15, -0.1) is 0 Å². The summed E-state index contributed by atoms with van der Waals surface area (Å²) < 4.78 is 27.4. The van der Waals surface area contributed by atoms with E-state index in [1.165, 1.54) is 12.2 Å². The van der Waals surface area contributed by atoms with Crippen LogP contribution in [0.25, 0.3) is 0 Å². The van der Waals surface area contributed by atoms with Gasteiger partial charge in [0.15, 0.2) is 0 Å². The molecule has 0 aromatic carbocycles. The van der Waals surface area contributed by atoms with E-state index in [-0.39, 0.29) is 30.2 Å². The second kappa shape index (κ2) is 9.95. The fraction of sp³-hybridized carbons (Fsp3) is 0.480. The van der Waals surface area contributed by atoms with Gasteiger partial charge in [-0.25, -0.2) is 8.78 Å². The van der Waals surface area contributed by atoms with Gasteiger partial charge in [-0.1, -0.05) is 6.92 Å². The van der Waals surface area contributed by atoms with Crippen molar-refractivity contribution in [2.45, 2.75) is 44.2 Å². The number of rotatable bonds is 6. The number of amides is 1. The Morgan fingerprint density at radius 1 is 1.30 bits per heavy atom. The molecule has 8 heteroatoms. The van der Waals surface area contributed by atoms with Crippen LogP contribution in [0.1, 0.15) is 37.7 Å². The molecular weight excluding hydrogens is 424 g/mol. The van der Waals surface area contributed by atoms with Gasteiger partial charge < -0.3 is 16.0 Å². The van der Waals surface area contributed by atoms with Gasteiger partial charge in [0, 0.05) is 37.6 Å². The molecule has 1 fully saturated rings. The van der Waals surface area contributed by atoms with E-state index in [1.54, 1.807) is 36.6 Å². The lowest BCUT2D eigenvalue weighted by Crippen LogP contribution is -2.35. The number of alkyl halides is 1. The molecule has 0 radical (unpaired) electrons. The molecule has 3 N–H and O–H groups in total. The van der Waals surface area contributed by atoms with Crippen molar-refractivity contribution in [2.24, 2.45) is 22.6 Å². The molecule has 1 aliphatic heterocycles. The summed E-state index contributed by atoms with van der Waals surface area (Å²) in [6.07, 6.45) is 12.4. The molecule has 33 heavy (non-hydrogen) atoms. The van der Waals surface area contributed by atoms with Crippen molar-refractivity contribution in [3.05, 3.63) is 59.3 Å². The lowest BCUT2D eigenvalue weighted by atomic mass is 9.76. The van der Waals surface area contributed by atoms with Crippen LogP contribution in [-0.4, -0.2) is 54.4 Å². The Morgan fingerprint density at radius 3 is 2.88 bits per heavy atom. The number of allylic oxidation sites excluding steroid dienone is 3. The Morgan fingerprint density at radius 2 is 2.12 bits per heavy atom. The number of hydrogen-bond acceptors (Lipinski definition) is 5. The third kappa shape index (κ3) is 5.05. The number of hydrogen-bond donors (Lipinski definition) is 2. The minimum atomic E-state index is -0.691. The Bertz CT molecular complexity index is 1010. The minimum absolute atomic E-state index is 0.137. The van der Waals surface area contributed by atoms with Crippen molar-refractivity contribution in [1.29, 1.82) is 0 Å². The van der Waals surface area contributed by atoms with Crippen molar-refractivity contribution in [3.63, 3.8) is 0 Å². The van der Waals surface area contributed by atoms with Crippen LogP contribution in [0.2, 0.25) is 0 Å². The molecule has 176 valence electrons. The second-order valence-electron chi connectivity index (χ2n) is 9.31. The lowest BCUT2D eigenvalue weighted by molar-refractivity contribution is -0.113. The van der Waals surface area contributed by atoms with Gasteiger partial charge >= 0.3 is 0 Å². The lowest BCUT2D eigenvalue weighted by Gasteiger charge is -2.33. The second-order valence-corrected chi connectivity index (χ2v) is 9.31. The van der Waals surface area contributed by atoms with E-state index in [1.807, 2.05) is 6.07 Å². The van der Waals surface area contributed by atoms with E-state index in [4.69, 9.17) is 5.73 Å². The molecule has 0 bridgehead atoms. The van der Waals surface area contributed by atoms with Crippen LogP contribution in [0.15, 0.2) is 58.8 Å². The average Bonchev–Trinajstić information content (AvgIpc) is 2.79. The number of fused-ring (bicyclic) bond motifs is 1. The van der Waals surface area contributed by atoms with E-state index < -0.39 is 18.6 Å². The number of nitrogens with two attached hydrogens (primary N) is 1. The highest BCUT2D eigenvalue weighted by Gasteiger charge is 2.35. The van der Waals surface area contributed by atoms with Crippen LogP contribution in [-0.2, 0) is 4.79 Å². The molecule has 2 unspecified atom stereocenters. The van der Waals surface area contributed by atoms with Gasteiger partial charge in [0.25, 0.3) is 5.91 Å². The Balaban J connectivity index is 1.54. The van der Waals surface area contributed by atoms with E-state index in [0.717, 1.165) is 24.8 Å². The zero-order valence-corrected chi connectivity index (χ0v) is 19.0. The molecule has 2 heterocycles. The van der Waals surface area contributed by atoms with Gasteiger partial charge in [-0.2, -0.15) is 0 Å². The first-order chi connectivity index (χ1) is 15.9. The van der Waals surface area contributed by atoms with Crippen molar-refractivity contribution < 1.29 is 13.6 Å². The van der Waals surface area contributed by atoms with E-state index in [9.17, 15) is 13.6 Å². The van der Waals surface area contributed by atoms with Crippen LogP contribution in [0.3, 0.4) is 0 Å². The SMILES string of the molecule is C[C@@H]1C[C@H](N)C[C@H](c2ccncc2NC(=O)C2=CC=C(F)C3C=C(N(C)CCF)C=NC23)C1. The number of pyridine rings is 1. The highest BCUT2D eigenvalue weighted by molar-refractivity contribution is 6.06. The number of halogens is 2. The van der Waals surface area contributed by atoms with Crippen LogP contribution in [0.5, 0.6) is 0 Å². The quantitative estimate of drug-likeness (QED) is 0.682. The molecule has 2 aliphatic carbocycles. The molecule has 5 atom stereocenters. The number of anilines is 1. The predicted octanol–water partition coefficient (Wildman–Crippen LogP) is 3.90. The standard InChI is InChI=1S/C25H31F2N5O/c1-15-9-16(11-17(28)10-15)19-5-7-29-14-23(19)31-25(33)20-3-4-22(27)21-12-18(13-30-24(20)21)32(2)8-6-26/h3-5,7,12-17,21,24H,6,8-11,28H2,1-2H3,(H,31,33)/t15-,16+,17-,21?,24?/m0/s1. The molecule has 0 spiro atoms. The summed E-state index contributed by atoms with van der Waals surface area (Å²) in [7, 11) is 1.73. The summed E-state index contributed by atoms with van der Waals surface area (Å²) in [6.45, 7) is 1.88. The normalized spacial score (nSPS) is 28.9. The van der Waals surface area contributed by atoms with Crippen molar-refractivity contribution >= 4 is 17.8 Å². The molecule has 3 aliphatic rings. The molecule has 1 saturated carbocycles. The molecule has 6 nitrogen and oxygen atoms in total. The number of carbonyl (C=O) groups excluding carboxylic acids is 1. The maximum Gasteiger partial charge on any atom is 0.253 e. The van der Waals surface area contributed by atoms with Gasteiger partial charge in [0.05, 0.1) is 29.5 Å². The topological polar surface area (TPSA) is 83.6 Å². The zero-order valence-electron chi connectivity index (χ0n) is 19.0. The largest absolute Gasteiger partial charge is 0.371 e. The predicted molar refractivity (Wildman–Crippen MR) is 126 cm³/mol. The molecular formula is C25H31F2N5O. The maximum absolute atomic E-state index is 14.6. The van der Waals surface area contributed by atoms with Gasteiger partial charge in [0.1, 0.15) is 12.5 Å². The van der Waals surface area contributed by atoms with Crippen molar-refractivity contribution in [3.8, 4) is 0 Å². The van der Waals surface area contributed by atoms with E-state index >= 15 is 0 Å². The first-order valence-corrected chi connectivity index (χ1v) is 11.5. The highest BCUT2D eigenvalue weighted by atomic mass is 19.1. The van der Waals surface area contributed by atoms with Crippen LogP contribution in [0.4, 0.5) is 14.5 Å². The van der Waals surface area contributed by atoms with Crippen molar-refractivity contribution in [2.75, 3.05) is 25.6 Å². The van der Waals surface area contributed by atoms with Gasteiger partial charge in [-0.05, 0) is 61.0 Å². The number of dihydropyridines is 1. The summed E-state index contributed by atoms with van der Waals surface area (Å²) in [5.41, 5.74) is 8.95. The van der Waals surface area contributed by atoms with E-state index in [0.29, 0.717) is 22.9 Å². The average molecular weight is 456 g/mol. The van der Waals surface area contributed by atoms with Gasteiger partial charge in [-0.3, -0.25) is 14.8 Å². The zero-order chi connectivity index (χ0) is 23.5. The third-order valence-corrected chi connectivity index (χ3v) is 6.76. The molecule has 1 aromatic rings. The minimum Gasteiger partial charge on any atom is -0.371 e. The molecule has 4 rings (SSSR count). The number of aromatic nitrogens is 1. The Kier molecular flexibility index (Phi) is 7.02. The van der Waals surface area contributed by atoms with Gasteiger partial charge in [0.2, 0.25) is 0 Å². The molecule has 1 amide bonds. The highest BCUT2D eigenvalue weighted by Crippen LogP contribution is 2.39. The van der Waals surface area contributed by atoms with Crippen LogP contribution < -0.4 is 11.1 Å².